The highest BCUT2D eigenvalue weighted by Crippen LogP contribution is 2.31. The van der Waals surface area contributed by atoms with Crippen LogP contribution in [0, 0.1) is 0 Å². The van der Waals surface area contributed by atoms with Gasteiger partial charge >= 0.3 is 12.3 Å². The summed E-state index contributed by atoms with van der Waals surface area (Å²) in [5, 5.41) is 0. The molecular formula is C10H5BrF3NO2. The van der Waals surface area contributed by atoms with Crippen LogP contribution in [-0.4, -0.2) is 4.98 Å². The quantitative estimate of drug-likeness (QED) is 0.832. The lowest BCUT2D eigenvalue weighted by Gasteiger charge is -2.06. The van der Waals surface area contributed by atoms with Crippen LogP contribution in [0.25, 0.3) is 0 Å². The third-order valence-electron chi connectivity index (χ3n) is 1.84. The van der Waals surface area contributed by atoms with Gasteiger partial charge in [-0.25, -0.2) is 0 Å². The van der Waals surface area contributed by atoms with Crippen LogP contribution >= 0.6 is 15.9 Å². The molecule has 1 aromatic heterocycles. The third-order valence-corrected chi connectivity index (χ3v) is 2.21. The fourth-order valence-corrected chi connectivity index (χ4v) is 1.34. The zero-order chi connectivity index (χ0) is 12.5. The Balaban J connectivity index is 2.13. The molecule has 1 heterocycles. The Labute approximate surface area is 102 Å². The maximum Gasteiger partial charge on any atom is 0.416 e. The molecule has 0 atom stereocenters. The van der Waals surface area contributed by atoms with E-state index in [4.69, 9.17) is 9.15 Å². The lowest BCUT2D eigenvalue weighted by molar-refractivity contribution is -0.137. The van der Waals surface area contributed by atoms with E-state index in [1.165, 1.54) is 18.3 Å². The lowest BCUT2D eigenvalue weighted by atomic mass is 10.2. The van der Waals surface area contributed by atoms with Crippen LogP contribution in [0.15, 0.2) is 39.5 Å². The first-order valence-corrected chi connectivity index (χ1v) is 5.21. The molecule has 0 aliphatic heterocycles. The average Bonchev–Trinajstić information content (AvgIpc) is 2.63. The molecule has 90 valence electrons. The number of halogens is 4. The minimum Gasteiger partial charge on any atom is -0.411 e. The van der Waals surface area contributed by atoms with Gasteiger partial charge in [0, 0.05) is 0 Å². The van der Waals surface area contributed by atoms with Gasteiger partial charge in [-0.3, -0.25) is 0 Å². The van der Waals surface area contributed by atoms with Crippen LogP contribution in [0.5, 0.6) is 11.8 Å². The number of rotatable bonds is 2. The van der Waals surface area contributed by atoms with E-state index in [2.05, 4.69) is 20.9 Å². The zero-order valence-electron chi connectivity index (χ0n) is 8.16. The number of ether oxygens (including phenoxy) is 1. The van der Waals surface area contributed by atoms with E-state index in [1.54, 1.807) is 0 Å². The van der Waals surface area contributed by atoms with E-state index in [-0.39, 0.29) is 11.8 Å². The zero-order valence-corrected chi connectivity index (χ0v) is 9.75. The van der Waals surface area contributed by atoms with Crippen molar-refractivity contribution in [2.24, 2.45) is 0 Å². The molecule has 0 saturated heterocycles. The highest BCUT2D eigenvalue weighted by molar-refractivity contribution is 9.10. The van der Waals surface area contributed by atoms with Crippen molar-refractivity contribution in [2.75, 3.05) is 0 Å². The van der Waals surface area contributed by atoms with E-state index >= 15 is 0 Å². The molecule has 0 radical (unpaired) electrons. The number of oxazole rings is 1. The maximum absolute atomic E-state index is 12.3. The summed E-state index contributed by atoms with van der Waals surface area (Å²) < 4.78 is 47.2. The smallest absolute Gasteiger partial charge is 0.411 e. The van der Waals surface area contributed by atoms with Crippen molar-refractivity contribution >= 4 is 15.9 Å². The summed E-state index contributed by atoms with van der Waals surface area (Å²) in [6, 6.07) is 4.24. The van der Waals surface area contributed by atoms with Crippen LogP contribution in [0.1, 0.15) is 5.56 Å². The average molecular weight is 308 g/mol. The number of benzene rings is 1. The highest BCUT2D eigenvalue weighted by atomic mass is 79.9. The lowest BCUT2D eigenvalue weighted by Crippen LogP contribution is -2.03. The van der Waals surface area contributed by atoms with Crippen LogP contribution < -0.4 is 4.74 Å². The summed E-state index contributed by atoms with van der Waals surface area (Å²) >= 11 is 3.03. The number of alkyl halides is 3. The second-order valence-corrected chi connectivity index (χ2v) is 3.84. The van der Waals surface area contributed by atoms with E-state index in [9.17, 15) is 13.2 Å². The molecule has 0 N–H and O–H groups in total. The predicted octanol–water partition coefficient (Wildman–Crippen LogP) is 4.25. The summed E-state index contributed by atoms with van der Waals surface area (Å²) in [5.41, 5.74) is -0.738. The van der Waals surface area contributed by atoms with E-state index in [0.717, 1.165) is 12.1 Å². The highest BCUT2D eigenvalue weighted by Gasteiger charge is 2.30. The molecule has 0 saturated carbocycles. The van der Waals surface area contributed by atoms with Crippen molar-refractivity contribution < 1.29 is 22.3 Å². The molecule has 0 aliphatic rings. The molecule has 0 unspecified atom stereocenters. The summed E-state index contributed by atoms with van der Waals surface area (Å²) in [5.74, 6) is 0.215. The molecule has 0 aliphatic carbocycles. The molecule has 0 bridgehead atoms. The summed E-state index contributed by atoms with van der Waals surface area (Å²) in [7, 11) is 0. The summed E-state index contributed by atoms with van der Waals surface area (Å²) in [4.78, 5) is 3.72. The minimum absolute atomic E-state index is 0.0448. The Kier molecular flexibility index (Phi) is 3.10. The van der Waals surface area contributed by atoms with Gasteiger partial charge in [0.1, 0.15) is 5.75 Å². The Morgan fingerprint density at radius 3 is 2.29 bits per heavy atom. The molecule has 0 amide bonds. The summed E-state index contributed by atoms with van der Waals surface area (Å²) in [6.07, 6.45) is -3.03. The normalized spacial score (nSPS) is 11.5. The van der Waals surface area contributed by atoms with E-state index < -0.39 is 11.7 Å². The van der Waals surface area contributed by atoms with Crippen molar-refractivity contribution in [1.29, 1.82) is 0 Å². The Morgan fingerprint density at radius 2 is 1.82 bits per heavy atom. The Morgan fingerprint density at radius 1 is 1.18 bits per heavy atom. The van der Waals surface area contributed by atoms with Crippen LogP contribution in [-0.2, 0) is 6.18 Å². The van der Waals surface area contributed by atoms with Gasteiger partial charge in [0.15, 0.2) is 4.67 Å². The van der Waals surface area contributed by atoms with Gasteiger partial charge in [-0.05, 0) is 40.2 Å². The monoisotopic (exact) mass is 307 g/mol. The first-order valence-electron chi connectivity index (χ1n) is 4.41. The SMILES string of the molecule is FC(F)(F)c1ccc(Oc2ncc(Br)o2)cc1. The number of aromatic nitrogens is 1. The van der Waals surface area contributed by atoms with Gasteiger partial charge in [0.05, 0.1) is 11.8 Å². The largest absolute Gasteiger partial charge is 0.416 e. The summed E-state index contributed by atoms with van der Waals surface area (Å²) in [6.45, 7) is 0. The fraction of sp³-hybridized carbons (Fsp3) is 0.100. The van der Waals surface area contributed by atoms with Gasteiger partial charge in [0.2, 0.25) is 0 Å². The molecule has 3 nitrogen and oxygen atoms in total. The first kappa shape index (κ1) is 12.0. The van der Waals surface area contributed by atoms with Gasteiger partial charge in [-0.15, -0.1) is 0 Å². The second kappa shape index (κ2) is 4.40. The number of hydrogen-bond acceptors (Lipinski definition) is 3. The van der Waals surface area contributed by atoms with Gasteiger partial charge in [-0.1, -0.05) is 0 Å². The van der Waals surface area contributed by atoms with Gasteiger partial charge < -0.3 is 9.15 Å². The number of hydrogen-bond donors (Lipinski definition) is 0. The molecule has 1 aromatic carbocycles. The maximum atomic E-state index is 12.3. The van der Waals surface area contributed by atoms with Gasteiger partial charge in [0.25, 0.3) is 0 Å². The van der Waals surface area contributed by atoms with Gasteiger partial charge in [-0.2, -0.15) is 18.2 Å². The van der Waals surface area contributed by atoms with Crippen molar-refractivity contribution in [3.8, 4) is 11.8 Å². The molecule has 17 heavy (non-hydrogen) atoms. The molecule has 2 aromatic rings. The molecule has 0 fully saturated rings. The van der Waals surface area contributed by atoms with Crippen molar-refractivity contribution in [3.63, 3.8) is 0 Å². The van der Waals surface area contributed by atoms with Crippen LogP contribution in [0.4, 0.5) is 13.2 Å². The molecular weight excluding hydrogens is 303 g/mol. The third kappa shape index (κ3) is 3.00. The molecule has 0 spiro atoms. The van der Waals surface area contributed by atoms with Crippen molar-refractivity contribution in [3.05, 3.63) is 40.7 Å². The standard InChI is InChI=1S/C10H5BrF3NO2/c11-8-5-15-9(17-8)16-7-3-1-6(2-4-7)10(12,13)14/h1-5H. The van der Waals surface area contributed by atoms with Crippen molar-refractivity contribution in [1.82, 2.24) is 4.98 Å². The Bertz CT molecular complexity index is 507. The molecule has 2 rings (SSSR count). The minimum atomic E-state index is -4.36. The Hall–Kier alpha value is -1.50. The van der Waals surface area contributed by atoms with Crippen LogP contribution in [0.2, 0.25) is 0 Å². The van der Waals surface area contributed by atoms with Crippen molar-refractivity contribution in [2.45, 2.75) is 6.18 Å². The van der Waals surface area contributed by atoms with Crippen LogP contribution in [0.3, 0.4) is 0 Å². The van der Waals surface area contributed by atoms with E-state index in [1.807, 2.05) is 0 Å². The predicted molar refractivity (Wildman–Crippen MR) is 55.7 cm³/mol. The number of nitrogens with zero attached hydrogens (tertiary/aromatic N) is 1. The second-order valence-electron chi connectivity index (χ2n) is 3.05. The fourth-order valence-electron chi connectivity index (χ4n) is 1.10. The first-order chi connectivity index (χ1) is 7.95. The van der Waals surface area contributed by atoms with E-state index in [0.29, 0.717) is 4.67 Å². The topological polar surface area (TPSA) is 35.3 Å². The molecule has 7 heteroatoms.